The number of nitrogens with zero attached hydrogens (tertiary/aromatic N) is 1. The molecule has 0 fully saturated rings. The van der Waals surface area contributed by atoms with Crippen molar-refractivity contribution in [3.05, 3.63) is 58.9 Å². The second kappa shape index (κ2) is 6.49. The van der Waals surface area contributed by atoms with E-state index in [2.05, 4.69) is 20.4 Å². The third-order valence-corrected chi connectivity index (χ3v) is 4.05. The number of benzene rings is 1. The molecule has 3 rings (SSSR count). The third kappa shape index (κ3) is 3.17. The highest BCUT2D eigenvalue weighted by atomic mass is 35.5. The van der Waals surface area contributed by atoms with Crippen LogP contribution in [0.4, 0.5) is 23.7 Å². The summed E-state index contributed by atoms with van der Waals surface area (Å²) in [5.74, 6) is -0.769. The van der Waals surface area contributed by atoms with Crippen molar-refractivity contribution >= 4 is 29.3 Å². The van der Waals surface area contributed by atoms with Gasteiger partial charge in [0.05, 0.1) is 12.2 Å². The van der Waals surface area contributed by atoms with Crippen molar-refractivity contribution in [3.8, 4) is 0 Å². The molecule has 1 unspecified atom stereocenters. The van der Waals surface area contributed by atoms with Gasteiger partial charge in [-0.25, -0.2) is 4.79 Å². The number of aromatic nitrogens is 1. The number of nitrogens with one attached hydrogen (secondary N) is 2. The lowest BCUT2D eigenvalue weighted by molar-refractivity contribution is -0.261. The van der Waals surface area contributed by atoms with E-state index in [4.69, 9.17) is 11.6 Å². The van der Waals surface area contributed by atoms with Crippen LogP contribution in [0.25, 0.3) is 0 Å². The van der Waals surface area contributed by atoms with Crippen LogP contribution >= 0.6 is 11.6 Å². The topological polar surface area (TPSA) is 80.3 Å². The van der Waals surface area contributed by atoms with Crippen LogP contribution in [-0.2, 0) is 10.3 Å². The number of carbonyl (C=O) groups excluding carboxylic acids is 2. The van der Waals surface area contributed by atoms with Gasteiger partial charge < -0.3 is 10.1 Å². The van der Waals surface area contributed by atoms with E-state index in [1.165, 1.54) is 36.7 Å². The zero-order valence-electron chi connectivity index (χ0n) is 12.9. The molecule has 0 aliphatic carbocycles. The highest BCUT2D eigenvalue weighted by Gasteiger charge is 2.62. The maximum Gasteiger partial charge on any atom is 0.434 e. The van der Waals surface area contributed by atoms with Gasteiger partial charge in [-0.05, 0) is 30.3 Å². The Balaban J connectivity index is 2.00. The lowest BCUT2D eigenvalue weighted by Gasteiger charge is -2.39. The molecule has 0 bridgehead atoms. The number of ether oxygens (including phenoxy) is 1. The summed E-state index contributed by atoms with van der Waals surface area (Å²) in [5, 5.41) is 4.38. The van der Waals surface area contributed by atoms with Gasteiger partial charge in [-0.15, -0.1) is 0 Å². The molecule has 1 aromatic carbocycles. The highest BCUT2D eigenvalue weighted by Crippen LogP contribution is 2.47. The Kier molecular flexibility index (Phi) is 4.49. The molecular formula is C16H11ClF3N3O3. The van der Waals surface area contributed by atoms with E-state index in [0.29, 0.717) is 0 Å². The number of pyridine rings is 1. The fourth-order valence-corrected chi connectivity index (χ4v) is 2.73. The molecule has 2 heterocycles. The predicted octanol–water partition coefficient (Wildman–Crippen LogP) is 3.48. The molecule has 0 saturated carbocycles. The molecule has 136 valence electrons. The van der Waals surface area contributed by atoms with Crippen LogP contribution in [0, 0.1) is 0 Å². The number of cyclic esters (lactones) is 1. The minimum absolute atomic E-state index is 0.0255. The van der Waals surface area contributed by atoms with E-state index < -0.39 is 35.9 Å². The first-order chi connectivity index (χ1) is 12.2. The summed E-state index contributed by atoms with van der Waals surface area (Å²) in [7, 11) is 0. The smallest absolute Gasteiger partial charge is 0.426 e. The van der Waals surface area contributed by atoms with Gasteiger partial charge >= 0.3 is 12.3 Å². The highest BCUT2D eigenvalue weighted by molar-refractivity contribution is 6.30. The molecular weight excluding hydrogens is 375 g/mol. The van der Waals surface area contributed by atoms with Crippen molar-refractivity contribution in [2.24, 2.45) is 0 Å². The fourth-order valence-electron chi connectivity index (χ4n) is 2.56. The lowest BCUT2D eigenvalue weighted by Crippen LogP contribution is -2.56. The summed E-state index contributed by atoms with van der Waals surface area (Å²) in [6, 6.07) is 6.30. The van der Waals surface area contributed by atoms with E-state index in [0.717, 1.165) is 6.07 Å². The van der Waals surface area contributed by atoms with E-state index in [-0.39, 0.29) is 16.3 Å². The summed E-state index contributed by atoms with van der Waals surface area (Å²) in [4.78, 5) is 27.6. The van der Waals surface area contributed by atoms with Crippen LogP contribution < -0.4 is 10.6 Å². The second-order valence-electron chi connectivity index (χ2n) is 5.45. The van der Waals surface area contributed by atoms with E-state index in [1.807, 2.05) is 0 Å². The number of amides is 2. The minimum atomic E-state index is -5.00. The van der Waals surface area contributed by atoms with Crippen molar-refractivity contribution in [2.45, 2.75) is 11.8 Å². The summed E-state index contributed by atoms with van der Waals surface area (Å²) < 4.78 is 46.4. The molecule has 1 aliphatic rings. The number of carbonyl (C=O) groups is 2. The first-order valence-electron chi connectivity index (χ1n) is 7.28. The summed E-state index contributed by atoms with van der Waals surface area (Å²) in [6.45, 7) is -1.02. The Labute approximate surface area is 150 Å². The molecule has 2 aromatic rings. The number of alkyl halides is 3. The van der Waals surface area contributed by atoms with Crippen molar-refractivity contribution in [3.63, 3.8) is 0 Å². The van der Waals surface area contributed by atoms with Crippen LogP contribution in [-0.4, -0.2) is 29.7 Å². The second-order valence-corrected chi connectivity index (χ2v) is 5.88. The van der Waals surface area contributed by atoms with Gasteiger partial charge in [0.25, 0.3) is 11.5 Å². The summed E-state index contributed by atoms with van der Waals surface area (Å²) in [6.07, 6.45) is -3.63. The largest absolute Gasteiger partial charge is 0.434 e. The van der Waals surface area contributed by atoms with Crippen LogP contribution in [0.15, 0.2) is 42.7 Å². The maximum absolute atomic E-state index is 13.9. The van der Waals surface area contributed by atoms with Gasteiger partial charge in [-0.3, -0.25) is 15.1 Å². The molecule has 26 heavy (non-hydrogen) atoms. The Morgan fingerprint density at radius 2 is 1.96 bits per heavy atom. The van der Waals surface area contributed by atoms with Crippen molar-refractivity contribution in [2.75, 3.05) is 11.9 Å². The van der Waals surface area contributed by atoms with Crippen LogP contribution in [0.2, 0.25) is 5.02 Å². The quantitative estimate of drug-likeness (QED) is 0.847. The van der Waals surface area contributed by atoms with Crippen LogP contribution in [0.1, 0.15) is 15.9 Å². The standard InChI is InChI=1S/C16H11ClF3N3O3/c17-10-1-2-12-11(7-10)15(16(18,19)20,26-14(25)23-12)8-22-13(24)9-3-5-21-6-4-9/h1-7H,8H2,(H,22,24)(H,23,25). The van der Waals surface area contributed by atoms with Crippen molar-refractivity contribution in [1.29, 1.82) is 0 Å². The molecule has 6 nitrogen and oxygen atoms in total. The number of fused-ring (bicyclic) bond motifs is 1. The van der Waals surface area contributed by atoms with Gasteiger partial charge in [-0.2, -0.15) is 13.2 Å². The number of anilines is 1. The van der Waals surface area contributed by atoms with E-state index >= 15 is 0 Å². The molecule has 0 radical (unpaired) electrons. The average Bonchev–Trinajstić information content (AvgIpc) is 2.59. The maximum atomic E-state index is 13.9. The van der Waals surface area contributed by atoms with Gasteiger partial charge in [0.1, 0.15) is 0 Å². The Morgan fingerprint density at radius 1 is 1.27 bits per heavy atom. The molecule has 10 heteroatoms. The molecule has 2 amide bonds. The number of hydrogen-bond donors (Lipinski definition) is 2. The van der Waals surface area contributed by atoms with Gasteiger partial charge in [0.2, 0.25) is 0 Å². The zero-order valence-corrected chi connectivity index (χ0v) is 13.7. The van der Waals surface area contributed by atoms with Gasteiger partial charge in [-0.1, -0.05) is 11.6 Å². The lowest BCUT2D eigenvalue weighted by atomic mass is 9.89. The van der Waals surface area contributed by atoms with Crippen molar-refractivity contribution in [1.82, 2.24) is 10.3 Å². The average molecular weight is 386 g/mol. The van der Waals surface area contributed by atoms with Crippen molar-refractivity contribution < 1.29 is 27.5 Å². The Bertz CT molecular complexity index is 861. The Morgan fingerprint density at radius 3 is 2.62 bits per heavy atom. The zero-order chi connectivity index (χ0) is 18.9. The monoisotopic (exact) mass is 385 g/mol. The molecule has 1 atom stereocenters. The first kappa shape index (κ1) is 18.0. The van der Waals surface area contributed by atoms with Crippen LogP contribution in [0.5, 0.6) is 0 Å². The van der Waals surface area contributed by atoms with Gasteiger partial charge in [0.15, 0.2) is 0 Å². The summed E-state index contributed by atoms with van der Waals surface area (Å²) >= 11 is 5.82. The number of rotatable bonds is 3. The van der Waals surface area contributed by atoms with E-state index in [1.54, 1.807) is 0 Å². The summed E-state index contributed by atoms with van der Waals surface area (Å²) in [5.41, 5.74) is -3.45. The number of halogens is 4. The SMILES string of the molecule is O=C1Nc2ccc(Cl)cc2C(CNC(=O)c2ccncc2)(C(F)(F)F)O1. The normalized spacial score (nSPS) is 19.2. The predicted molar refractivity (Wildman–Crippen MR) is 85.9 cm³/mol. The molecule has 2 N–H and O–H groups in total. The van der Waals surface area contributed by atoms with Gasteiger partial charge in [0, 0.05) is 28.5 Å². The van der Waals surface area contributed by atoms with E-state index in [9.17, 15) is 22.8 Å². The molecule has 0 spiro atoms. The van der Waals surface area contributed by atoms with Crippen LogP contribution in [0.3, 0.4) is 0 Å². The molecule has 1 aromatic heterocycles. The first-order valence-corrected chi connectivity index (χ1v) is 7.66. The minimum Gasteiger partial charge on any atom is -0.426 e. The molecule has 0 saturated heterocycles. The number of hydrogen-bond acceptors (Lipinski definition) is 4. The third-order valence-electron chi connectivity index (χ3n) is 3.82. The fraction of sp³-hybridized carbons (Fsp3) is 0.188. The Hall–Kier alpha value is -2.81. The molecule has 1 aliphatic heterocycles.